The summed E-state index contributed by atoms with van der Waals surface area (Å²) in [7, 11) is 1.91. The van der Waals surface area contributed by atoms with E-state index in [9.17, 15) is 19.2 Å². The van der Waals surface area contributed by atoms with Crippen LogP contribution in [0.1, 0.15) is 69.2 Å². The molecule has 2 N–H and O–H groups in total. The molecule has 250 valence electrons. The lowest BCUT2D eigenvalue weighted by Gasteiger charge is -2.32. The van der Waals surface area contributed by atoms with Crippen LogP contribution in [0.4, 0.5) is 10.6 Å². The standard InChI is InChI=1S/C35H42N4O8/c1-33(2,3)45-31(42)35(7,47-39-29(40)26-11-9-10-12-27(26)30(39)41)22-44-25-16-13-23(14-17-25)24-15-18-28(38(8)21-24)36-19-20-37-32(43)46-34(4,5)6/h9-18,21H,19-20,22H2,1-8H3,(H,37,43)/p+1/t35-/m0/s1. The number of alkyl carbamates (subject to hydrolysis) is 1. The topological polar surface area (TPSA) is 136 Å². The lowest BCUT2D eigenvalue weighted by Crippen LogP contribution is -2.52. The van der Waals surface area contributed by atoms with E-state index in [1.165, 1.54) is 19.1 Å². The molecule has 3 aromatic rings. The van der Waals surface area contributed by atoms with E-state index in [-0.39, 0.29) is 17.7 Å². The van der Waals surface area contributed by atoms with Crippen molar-refractivity contribution in [3.63, 3.8) is 0 Å². The lowest BCUT2D eigenvalue weighted by molar-refractivity contribution is -0.656. The first kappa shape index (κ1) is 34.9. The molecule has 0 saturated carbocycles. The van der Waals surface area contributed by atoms with Crippen LogP contribution < -0.4 is 19.9 Å². The summed E-state index contributed by atoms with van der Waals surface area (Å²) in [4.78, 5) is 56.9. The van der Waals surface area contributed by atoms with Gasteiger partial charge in [0.05, 0.1) is 30.9 Å². The molecular weight excluding hydrogens is 604 g/mol. The van der Waals surface area contributed by atoms with Gasteiger partial charge in [-0.05, 0) is 84.4 Å². The minimum Gasteiger partial charge on any atom is -0.490 e. The molecule has 1 aliphatic rings. The van der Waals surface area contributed by atoms with Crippen molar-refractivity contribution in [2.24, 2.45) is 7.05 Å². The summed E-state index contributed by atoms with van der Waals surface area (Å²) in [5, 5.41) is 6.60. The smallest absolute Gasteiger partial charge is 0.407 e. The predicted molar refractivity (Wildman–Crippen MR) is 174 cm³/mol. The maximum absolute atomic E-state index is 13.3. The zero-order valence-electron chi connectivity index (χ0n) is 28.1. The highest BCUT2D eigenvalue weighted by atomic mass is 16.7. The van der Waals surface area contributed by atoms with Gasteiger partial charge >= 0.3 is 12.1 Å². The molecule has 2 aromatic carbocycles. The third kappa shape index (κ3) is 9.07. The van der Waals surface area contributed by atoms with Gasteiger partial charge in [-0.2, -0.15) is 0 Å². The van der Waals surface area contributed by atoms with Gasteiger partial charge in [0.25, 0.3) is 17.6 Å². The van der Waals surface area contributed by atoms with Crippen molar-refractivity contribution < 1.29 is 42.8 Å². The monoisotopic (exact) mass is 647 g/mol. The fraction of sp³-hybridized carbons (Fsp3) is 0.400. The molecule has 1 atom stereocenters. The van der Waals surface area contributed by atoms with Crippen molar-refractivity contribution in [3.05, 3.63) is 78.0 Å². The molecule has 4 rings (SSSR count). The molecule has 0 fully saturated rings. The number of imide groups is 1. The van der Waals surface area contributed by atoms with E-state index in [1.807, 2.05) is 62.8 Å². The second-order valence-electron chi connectivity index (χ2n) is 13.4. The highest BCUT2D eigenvalue weighted by molar-refractivity contribution is 6.20. The van der Waals surface area contributed by atoms with Crippen molar-refractivity contribution in [2.45, 2.75) is 65.3 Å². The average Bonchev–Trinajstić information content (AvgIpc) is 3.22. The Kier molecular flexibility index (Phi) is 10.2. The van der Waals surface area contributed by atoms with Gasteiger partial charge in [0.15, 0.2) is 0 Å². The van der Waals surface area contributed by atoms with Crippen LogP contribution in [-0.2, 0) is 26.2 Å². The van der Waals surface area contributed by atoms with Crippen molar-refractivity contribution in [1.29, 1.82) is 0 Å². The maximum Gasteiger partial charge on any atom is 0.407 e. The molecule has 0 radical (unpaired) electrons. The molecule has 2 heterocycles. The van der Waals surface area contributed by atoms with Crippen LogP contribution in [0.25, 0.3) is 11.1 Å². The van der Waals surface area contributed by atoms with Crippen LogP contribution in [0.2, 0.25) is 0 Å². The van der Waals surface area contributed by atoms with Crippen LogP contribution in [0.15, 0.2) is 66.9 Å². The van der Waals surface area contributed by atoms with Gasteiger partial charge in [0.2, 0.25) is 5.60 Å². The van der Waals surface area contributed by atoms with E-state index in [1.54, 1.807) is 45.0 Å². The number of hydroxylamine groups is 2. The Morgan fingerprint density at radius 2 is 1.34 bits per heavy atom. The minimum absolute atomic E-state index is 0.188. The second-order valence-corrected chi connectivity index (χ2v) is 13.4. The Labute approximate surface area is 274 Å². The fourth-order valence-electron chi connectivity index (χ4n) is 4.56. The fourth-order valence-corrected chi connectivity index (χ4v) is 4.56. The number of carbonyl (C=O) groups excluding carboxylic acids is 4. The first-order chi connectivity index (χ1) is 22.0. The van der Waals surface area contributed by atoms with Crippen LogP contribution in [0.5, 0.6) is 5.75 Å². The predicted octanol–water partition coefficient (Wildman–Crippen LogP) is 4.82. The molecule has 0 aliphatic carbocycles. The number of carbonyl (C=O) groups is 4. The van der Waals surface area contributed by atoms with Crippen LogP contribution in [-0.4, -0.2) is 65.4 Å². The Balaban J connectivity index is 1.40. The van der Waals surface area contributed by atoms with Gasteiger partial charge in [-0.15, -0.1) is 5.06 Å². The van der Waals surface area contributed by atoms with Gasteiger partial charge in [0.1, 0.15) is 30.1 Å². The molecule has 0 unspecified atom stereocenters. The van der Waals surface area contributed by atoms with Crippen molar-refractivity contribution in [2.75, 3.05) is 25.0 Å². The molecule has 1 aromatic heterocycles. The van der Waals surface area contributed by atoms with Gasteiger partial charge < -0.3 is 19.5 Å². The zero-order chi connectivity index (χ0) is 34.6. The number of hydrogen-bond donors (Lipinski definition) is 2. The number of nitrogens with zero attached hydrogens (tertiary/aromatic N) is 2. The Bertz CT molecular complexity index is 1610. The number of hydrogen-bond acceptors (Lipinski definition) is 9. The van der Waals surface area contributed by atoms with Crippen molar-refractivity contribution >= 4 is 29.7 Å². The van der Waals surface area contributed by atoms with E-state index in [4.69, 9.17) is 19.0 Å². The number of anilines is 1. The number of benzene rings is 2. The Hall–Kier alpha value is -4.97. The van der Waals surface area contributed by atoms with Crippen LogP contribution >= 0.6 is 0 Å². The van der Waals surface area contributed by atoms with Crippen molar-refractivity contribution in [3.8, 4) is 16.9 Å². The summed E-state index contributed by atoms with van der Waals surface area (Å²) in [6.07, 6.45) is 1.51. The molecule has 47 heavy (non-hydrogen) atoms. The number of amides is 3. The third-order valence-corrected chi connectivity index (χ3v) is 6.81. The largest absolute Gasteiger partial charge is 0.490 e. The molecule has 0 spiro atoms. The molecule has 3 amide bonds. The molecule has 0 saturated heterocycles. The number of esters is 1. The molecule has 0 bridgehead atoms. The number of pyridine rings is 1. The van der Waals surface area contributed by atoms with E-state index in [0.29, 0.717) is 23.9 Å². The highest BCUT2D eigenvalue weighted by Gasteiger charge is 2.47. The summed E-state index contributed by atoms with van der Waals surface area (Å²) in [5.41, 5.74) is -1.00. The summed E-state index contributed by atoms with van der Waals surface area (Å²) < 4.78 is 18.7. The van der Waals surface area contributed by atoms with Crippen LogP contribution in [0.3, 0.4) is 0 Å². The number of aryl methyl sites for hydroxylation is 1. The highest BCUT2D eigenvalue weighted by Crippen LogP contribution is 2.29. The Morgan fingerprint density at radius 3 is 1.89 bits per heavy atom. The summed E-state index contributed by atoms with van der Waals surface area (Å²) >= 11 is 0. The van der Waals surface area contributed by atoms with Gasteiger partial charge in [-0.1, -0.05) is 24.3 Å². The van der Waals surface area contributed by atoms with E-state index >= 15 is 0 Å². The number of rotatable bonds is 11. The number of nitrogens with one attached hydrogen (secondary N) is 2. The molecule has 12 heteroatoms. The number of aromatic nitrogens is 1. The summed E-state index contributed by atoms with van der Waals surface area (Å²) in [6.45, 7) is 12.6. The van der Waals surface area contributed by atoms with Gasteiger partial charge in [0, 0.05) is 11.6 Å². The summed E-state index contributed by atoms with van der Waals surface area (Å²) in [6, 6.07) is 17.5. The summed E-state index contributed by atoms with van der Waals surface area (Å²) in [5.74, 6) is -0.831. The first-order valence-electron chi connectivity index (χ1n) is 15.3. The normalized spacial score (nSPS) is 14.3. The number of fused-ring (bicyclic) bond motifs is 1. The SMILES string of the molecule is C[n+]1cc(-c2ccc(OC[C@](C)(ON3C(=O)c4ccccc4C3=O)C(=O)OC(C)(C)C)cc2)ccc1NCCNC(=O)OC(C)(C)C. The minimum atomic E-state index is -1.83. The molecule has 12 nitrogen and oxygen atoms in total. The van der Waals surface area contributed by atoms with Gasteiger partial charge in [-0.25, -0.2) is 19.0 Å². The number of ether oxygens (including phenoxy) is 3. The third-order valence-electron chi connectivity index (χ3n) is 6.81. The zero-order valence-corrected chi connectivity index (χ0v) is 28.1. The van der Waals surface area contributed by atoms with Crippen LogP contribution in [0, 0.1) is 0 Å². The molecular formula is C35H43N4O8+. The van der Waals surface area contributed by atoms with E-state index < -0.39 is 40.7 Å². The lowest BCUT2D eigenvalue weighted by atomic mass is 10.1. The maximum atomic E-state index is 13.3. The van der Waals surface area contributed by atoms with E-state index in [2.05, 4.69) is 10.6 Å². The van der Waals surface area contributed by atoms with Gasteiger partial charge in [-0.3, -0.25) is 14.9 Å². The second kappa shape index (κ2) is 13.8. The first-order valence-corrected chi connectivity index (χ1v) is 15.3. The molecule has 1 aliphatic heterocycles. The average molecular weight is 648 g/mol. The quantitative estimate of drug-likeness (QED) is 0.130. The Morgan fingerprint density at radius 1 is 0.766 bits per heavy atom. The van der Waals surface area contributed by atoms with E-state index in [0.717, 1.165) is 16.9 Å². The van der Waals surface area contributed by atoms with Crippen molar-refractivity contribution in [1.82, 2.24) is 10.4 Å².